The van der Waals surface area contributed by atoms with Gasteiger partial charge in [-0.15, -0.1) is 0 Å². The van der Waals surface area contributed by atoms with Gasteiger partial charge in [-0.05, 0) is 99.8 Å². The zero-order chi connectivity index (χ0) is 27.1. The highest BCUT2D eigenvalue weighted by Crippen LogP contribution is 2.40. The zero-order valence-corrected chi connectivity index (χ0v) is 22.5. The van der Waals surface area contributed by atoms with E-state index in [-0.39, 0.29) is 48.6 Å². The molecule has 2 fully saturated rings. The third kappa shape index (κ3) is 6.90. The summed E-state index contributed by atoms with van der Waals surface area (Å²) in [6.07, 6.45) is 8.25. The van der Waals surface area contributed by atoms with E-state index in [2.05, 4.69) is 6.92 Å². The molecule has 0 bridgehead atoms. The van der Waals surface area contributed by atoms with Gasteiger partial charge in [0.05, 0.1) is 25.4 Å². The van der Waals surface area contributed by atoms with E-state index < -0.39 is 23.3 Å². The maximum atomic E-state index is 15.2. The minimum Gasteiger partial charge on any atom is -0.491 e. The van der Waals surface area contributed by atoms with Crippen LogP contribution < -0.4 is 4.74 Å². The van der Waals surface area contributed by atoms with Crippen molar-refractivity contribution in [2.45, 2.75) is 109 Å². The molecule has 4 rings (SSSR count). The summed E-state index contributed by atoms with van der Waals surface area (Å²) in [5.74, 6) is -3.56. The Labute approximate surface area is 223 Å². The monoisotopic (exact) mass is 536 g/mol. The highest BCUT2D eigenvalue weighted by Gasteiger charge is 2.30. The Morgan fingerprint density at radius 1 is 0.658 bits per heavy atom. The van der Waals surface area contributed by atoms with E-state index in [0.29, 0.717) is 36.8 Å². The van der Waals surface area contributed by atoms with Gasteiger partial charge in [-0.3, -0.25) is 0 Å². The molecule has 210 valence electrons. The Morgan fingerprint density at radius 3 is 1.74 bits per heavy atom. The third-order valence-corrected chi connectivity index (χ3v) is 8.12. The summed E-state index contributed by atoms with van der Waals surface area (Å²) in [7, 11) is 0. The van der Waals surface area contributed by atoms with Crippen LogP contribution in [0.15, 0.2) is 24.3 Å². The van der Waals surface area contributed by atoms with Crippen molar-refractivity contribution in [1.29, 1.82) is 0 Å². The molecule has 38 heavy (non-hydrogen) atoms. The molecule has 0 N–H and O–H groups in total. The van der Waals surface area contributed by atoms with E-state index in [4.69, 9.17) is 14.2 Å². The normalized spacial score (nSPS) is 23.9. The molecule has 0 radical (unpaired) electrons. The lowest BCUT2D eigenvalue weighted by atomic mass is 9.79. The second kappa shape index (κ2) is 13.8. The van der Waals surface area contributed by atoms with Crippen LogP contribution in [-0.2, 0) is 16.1 Å². The number of hydrogen-bond donors (Lipinski definition) is 0. The van der Waals surface area contributed by atoms with Crippen molar-refractivity contribution in [2.75, 3.05) is 13.2 Å². The number of rotatable bonds is 11. The van der Waals surface area contributed by atoms with E-state index in [1.165, 1.54) is 12.1 Å². The van der Waals surface area contributed by atoms with Gasteiger partial charge in [-0.2, -0.15) is 4.39 Å². The van der Waals surface area contributed by atoms with Crippen molar-refractivity contribution in [3.05, 3.63) is 64.2 Å². The predicted octanol–water partition coefficient (Wildman–Crippen LogP) is 8.73. The zero-order valence-electron chi connectivity index (χ0n) is 22.5. The quantitative estimate of drug-likeness (QED) is 0.212. The highest BCUT2D eigenvalue weighted by molar-refractivity contribution is 5.32. The van der Waals surface area contributed by atoms with Crippen LogP contribution in [0.2, 0.25) is 0 Å². The lowest BCUT2D eigenvalue weighted by molar-refractivity contribution is 0.0116. The van der Waals surface area contributed by atoms with Crippen LogP contribution in [0.5, 0.6) is 5.75 Å². The first kappa shape index (κ1) is 28.9. The second-order valence-electron chi connectivity index (χ2n) is 10.6. The highest BCUT2D eigenvalue weighted by atomic mass is 19.2. The van der Waals surface area contributed by atoms with E-state index >= 15 is 8.78 Å². The fourth-order valence-electron chi connectivity index (χ4n) is 5.84. The smallest absolute Gasteiger partial charge is 0.200 e. The van der Waals surface area contributed by atoms with Crippen molar-refractivity contribution in [2.24, 2.45) is 0 Å². The molecule has 0 atom stereocenters. The van der Waals surface area contributed by atoms with Crippen LogP contribution in [0.25, 0.3) is 0 Å². The molecule has 0 aromatic heterocycles. The van der Waals surface area contributed by atoms with Gasteiger partial charge in [0, 0.05) is 12.2 Å². The summed E-state index contributed by atoms with van der Waals surface area (Å²) in [5, 5.41) is 0. The van der Waals surface area contributed by atoms with E-state index in [1.807, 2.05) is 0 Å². The molecule has 0 amide bonds. The molecule has 2 aliphatic rings. The van der Waals surface area contributed by atoms with Crippen LogP contribution >= 0.6 is 0 Å². The largest absolute Gasteiger partial charge is 0.491 e. The van der Waals surface area contributed by atoms with Crippen molar-refractivity contribution in [3.63, 3.8) is 0 Å². The molecular formula is C31H40F4O3. The fraction of sp³-hybridized carbons (Fsp3) is 0.613. The number of halogens is 4. The summed E-state index contributed by atoms with van der Waals surface area (Å²) in [6, 6.07) is 6.43. The average Bonchev–Trinajstić information content (AvgIpc) is 2.93. The summed E-state index contributed by atoms with van der Waals surface area (Å²) >= 11 is 0. The molecule has 2 aromatic rings. The molecule has 0 spiro atoms. The first-order valence-corrected chi connectivity index (χ1v) is 14.2. The van der Waals surface area contributed by atoms with Crippen LogP contribution in [0, 0.1) is 23.3 Å². The molecule has 0 saturated heterocycles. The lowest BCUT2D eigenvalue weighted by Gasteiger charge is -2.31. The van der Waals surface area contributed by atoms with Crippen molar-refractivity contribution < 1.29 is 31.8 Å². The number of unbranched alkanes of at least 4 members (excludes halogenated alkanes) is 1. The molecule has 2 saturated carbocycles. The van der Waals surface area contributed by atoms with Crippen LogP contribution in [0.3, 0.4) is 0 Å². The van der Waals surface area contributed by atoms with Crippen molar-refractivity contribution >= 4 is 0 Å². The first-order chi connectivity index (χ1) is 18.4. The topological polar surface area (TPSA) is 27.7 Å². The van der Waals surface area contributed by atoms with Gasteiger partial charge in [-0.1, -0.05) is 25.5 Å². The van der Waals surface area contributed by atoms with Crippen LogP contribution in [0.4, 0.5) is 17.6 Å². The van der Waals surface area contributed by atoms with E-state index in [0.717, 1.165) is 45.1 Å². The molecular weight excluding hydrogens is 496 g/mol. The number of hydrogen-bond acceptors (Lipinski definition) is 3. The van der Waals surface area contributed by atoms with E-state index in [9.17, 15) is 8.78 Å². The van der Waals surface area contributed by atoms with Gasteiger partial charge in [0.15, 0.2) is 23.2 Å². The molecule has 2 aliphatic carbocycles. The molecule has 3 nitrogen and oxygen atoms in total. The van der Waals surface area contributed by atoms with Crippen LogP contribution in [-0.4, -0.2) is 25.4 Å². The van der Waals surface area contributed by atoms with Gasteiger partial charge >= 0.3 is 0 Å². The summed E-state index contributed by atoms with van der Waals surface area (Å²) in [4.78, 5) is 0. The minimum absolute atomic E-state index is 0.0292. The Hall–Kier alpha value is -2.12. The van der Waals surface area contributed by atoms with Gasteiger partial charge in [-0.25, -0.2) is 13.2 Å². The molecule has 2 aromatic carbocycles. The fourth-order valence-corrected chi connectivity index (χ4v) is 5.84. The van der Waals surface area contributed by atoms with Gasteiger partial charge in [0.25, 0.3) is 0 Å². The van der Waals surface area contributed by atoms with Crippen molar-refractivity contribution in [1.82, 2.24) is 0 Å². The van der Waals surface area contributed by atoms with Gasteiger partial charge in [0.2, 0.25) is 5.82 Å². The van der Waals surface area contributed by atoms with Crippen molar-refractivity contribution in [3.8, 4) is 5.75 Å². The Balaban J connectivity index is 1.29. The maximum Gasteiger partial charge on any atom is 0.200 e. The number of ether oxygens (including phenoxy) is 3. The SMILES string of the molecule is CCCCOC1CCC(c2ccc(C3CCC(OCc4ccc(OCC)c(F)c4F)CC3)c(F)c2F)CC1. The standard InChI is InChI=1S/C31H40F4O3/c1-3-5-18-37-23-11-6-20(7-12-23)25-15-16-26(30(34)29(25)33)21-8-13-24(14-9-21)38-19-22-10-17-27(36-4-2)31(35)28(22)32/h10,15-17,20-21,23-24H,3-9,11-14,18-19H2,1-2H3. The molecule has 0 heterocycles. The average molecular weight is 537 g/mol. The Kier molecular flexibility index (Phi) is 10.5. The summed E-state index contributed by atoms with van der Waals surface area (Å²) < 4.78 is 75.7. The van der Waals surface area contributed by atoms with E-state index in [1.54, 1.807) is 19.1 Å². The number of benzene rings is 2. The molecule has 0 unspecified atom stereocenters. The third-order valence-electron chi connectivity index (χ3n) is 8.12. The minimum atomic E-state index is -1.01. The Bertz CT molecular complexity index is 1040. The maximum absolute atomic E-state index is 15.2. The van der Waals surface area contributed by atoms with Gasteiger partial charge < -0.3 is 14.2 Å². The molecule has 7 heteroatoms. The second-order valence-corrected chi connectivity index (χ2v) is 10.6. The summed E-state index contributed by atoms with van der Waals surface area (Å²) in [5.41, 5.74) is 1.05. The lowest BCUT2D eigenvalue weighted by Crippen LogP contribution is -2.23. The molecule has 0 aliphatic heterocycles. The first-order valence-electron chi connectivity index (χ1n) is 14.2. The van der Waals surface area contributed by atoms with Crippen LogP contribution in [0.1, 0.15) is 107 Å². The predicted molar refractivity (Wildman–Crippen MR) is 140 cm³/mol. The summed E-state index contributed by atoms with van der Waals surface area (Å²) in [6.45, 7) is 4.81. The van der Waals surface area contributed by atoms with Gasteiger partial charge in [0.1, 0.15) is 0 Å². The Morgan fingerprint density at radius 2 is 1.21 bits per heavy atom.